The monoisotopic (exact) mass is 434 g/mol. The number of hydrogen-bond donors (Lipinski definition) is 1. The molecule has 2 heterocycles. The summed E-state index contributed by atoms with van der Waals surface area (Å²) in [4.78, 5) is 27.2. The number of esters is 1. The molecule has 3 fully saturated rings. The van der Waals surface area contributed by atoms with E-state index in [-0.39, 0.29) is 17.8 Å². The molecule has 2 saturated heterocycles. The summed E-state index contributed by atoms with van der Waals surface area (Å²) in [7, 11) is 0. The molecular formula is C27H34N2O3. The second kappa shape index (κ2) is 9.76. The van der Waals surface area contributed by atoms with Gasteiger partial charge < -0.3 is 15.4 Å². The molecule has 3 aliphatic rings. The second-order valence-corrected chi connectivity index (χ2v) is 9.36. The highest BCUT2D eigenvalue weighted by molar-refractivity contribution is 5.90. The number of benzene rings is 2. The van der Waals surface area contributed by atoms with Gasteiger partial charge in [0.2, 0.25) is 5.91 Å². The third kappa shape index (κ3) is 4.67. The summed E-state index contributed by atoms with van der Waals surface area (Å²) in [5, 5.41) is 0. The Hall–Kier alpha value is -2.82. The number of ether oxygens (including phenoxy) is 1. The van der Waals surface area contributed by atoms with Crippen LogP contribution in [0.1, 0.15) is 72.9 Å². The van der Waals surface area contributed by atoms with Crippen LogP contribution in [0, 0.1) is 11.8 Å². The number of para-hydroxylation sites is 1. The summed E-state index contributed by atoms with van der Waals surface area (Å²) >= 11 is 0. The van der Waals surface area contributed by atoms with Crippen molar-refractivity contribution in [2.24, 2.45) is 17.6 Å². The average molecular weight is 435 g/mol. The predicted octanol–water partition coefficient (Wildman–Crippen LogP) is 4.86. The molecule has 170 valence electrons. The summed E-state index contributed by atoms with van der Waals surface area (Å²) in [5.74, 6) is 0.254. The van der Waals surface area contributed by atoms with E-state index in [0.29, 0.717) is 12.2 Å². The van der Waals surface area contributed by atoms with Crippen molar-refractivity contribution in [1.82, 2.24) is 0 Å². The van der Waals surface area contributed by atoms with E-state index in [1.165, 1.54) is 31.4 Å². The van der Waals surface area contributed by atoms with Crippen molar-refractivity contribution in [2.75, 3.05) is 24.6 Å². The smallest absolute Gasteiger partial charge is 0.338 e. The molecule has 5 heteroatoms. The summed E-state index contributed by atoms with van der Waals surface area (Å²) in [6, 6.07) is 15.5. The second-order valence-electron chi connectivity index (χ2n) is 9.36. The topological polar surface area (TPSA) is 72.6 Å². The van der Waals surface area contributed by atoms with Crippen molar-refractivity contribution in [3.63, 3.8) is 0 Å². The Morgan fingerprint density at radius 2 is 1.59 bits per heavy atom. The van der Waals surface area contributed by atoms with Crippen molar-refractivity contribution in [3.8, 4) is 0 Å². The quantitative estimate of drug-likeness (QED) is 0.632. The number of carbonyl (C=O) groups excluding carboxylic acids is 2. The van der Waals surface area contributed by atoms with Crippen molar-refractivity contribution < 1.29 is 14.3 Å². The van der Waals surface area contributed by atoms with Gasteiger partial charge in [0.1, 0.15) is 0 Å². The number of fused-ring (bicyclic) bond motifs is 4. The molecule has 0 radical (unpaired) electrons. The Morgan fingerprint density at radius 3 is 2.16 bits per heavy atom. The molecule has 5 rings (SSSR count). The molecule has 2 unspecified atom stereocenters. The first kappa shape index (κ1) is 22.4. The zero-order chi connectivity index (χ0) is 22.7. The van der Waals surface area contributed by atoms with E-state index in [2.05, 4.69) is 30.0 Å². The number of rotatable bonds is 7. The summed E-state index contributed by atoms with van der Waals surface area (Å²) in [6.07, 6.45) is 5.32. The van der Waals surface area contributed by atoms with Gasteiger partial charge in [-0.1, -0.05) is 37.3 Å². The first-order chi connectivity index (χ1) is 15.5. The number of nitrogens with two attached hydrogens (primary N) is 1. The number of primary amides is 1. The standard InChI is InChI=1S/C27H34N2O3/c1-3-32-27(31)22-14-12-21(13-15-22)25(26(28)30)18(2)23-6-4-5-7-24(23)29-16-19-8-9-20(17-29)11-10-19/h4-7,12-15,18-20,25H,3,8-11,16-17H2,1-2H3,(H2,28,30). The Morgan fingerprint density at radius 1 is 1.00 bits per heavy atom. The van der Waals surface area contributed by atoms with Crippen molar-refractivity contribution in [1.29, 1.82) is 0 Å². The van der Waals surface area contributed by atoms with Crippen LogP contribution in [-0.4, -0.2) is 31.6 Å². The minimum atomic E-state index is -0.476. The van der Waals surface area contributed by atoms with E-state index in [9.17, 15) is 9.59 Å². The van der Waals surface area contributed by atoms with Gasteiger partial charge in [-0.05, 0) is 79.7 Å². The van der Waals surface area contributed by atoms with E-state index in [1.54, 1.807) is 19.1 Å². The summed E-state index contributed by atoms with van der Waals surface area (Å²) < 4.78 is 5.07. The van der Waals surface area contributed by atoms with Crippen LogP contribution < -0.4 is 10.6 Å². The molecule has 2 bridgehead atoms. The van der Waals surface area contributed by atoms with E-state index in [0.717, 1.165) is 36.1 Å². The highest BCUT2D eigenvalue weighted by atomic mass is 16.5. The summed E-state index contributed by atoms with van der Waals surface area (Å²) in [5.41, 5.74) is 9.61. The van der Waals surface area contributed by atoms with Gasteiger partial charge in [-0.2, -0.15) is 0 Å². The van der Waals surface area contributed by atoms with Gasteiger partial charge >= 0.3 is 5.97 Å². The van der Waals surface area contributed by atoms with Crippen molar-refractivity contribution >= 4 is 17.6 Å². The third-order valence-corrected chi connectivity index (χ3v) is 7.28. The minimum absolute atomic E-state index is 0.0851. The molecule has 1 saturated carbocycles. The Kier molecular flexibility index (Phi) is 6.83. The Balaban J connectivity index is 1.63. The van der Waals surface area contributed by atoms with Crippen LogP contribution in [0.25, 0.3) is 0 Å². The van der Waals surface area contributed by atoms with Crippen LogP contribution in [0.2, 0.25) is 0 Å². The first-order valence-corrected chi connectivity index (χ1v) is 11.9. The predicted molar refractivity (Wildman–Crippen MR) is 127 cm³/mol. The fraction of sp³-hybridized carbons (Fsp3) is 0.481. The fourth-order valence-corrected chi connectivity index (χ4v) is 5.57. The lowest BCUT2D eigenvalue weighted by Crippen LogP contribution is -2.31. The van der Waals surface area contributed by atoms with Crippen LogP contribution in [0.15, 0.2) is 48.5 Å². The molecule has 2 aliphatic heterocycles. The number of hydrogen-bond acceptors (Lipinski definition) is 4. The number of carbonyl (C=O) groups is 2. The number of nitrogens with zero attached hydrogens (tertiary/aromatic N) is 1. The van der Waals surface area contributed by atoms with Crippen molar-refractivity contribution in [2.45, 2.75) is 51.4 Å². The molecule has 0 aromatic heterocycles. The lowest BCUT2D eigenvalue weighted by molar-refractivity contribution is -0.119. The van der Waals surface area contributed by atoms with Crippen LogP contribution >= 0.6 is 0 Å². The normalized spacial score (nSPS) is 22.1. The zero-order valence-corrected chi connectivity index (χ0v) is 19.1. The lowest BCUT2D eigenvalue weighted by atomic mass is 9.81. The molecule has 1 aliphatic carbocycles. The molecule has 2 aromatic rings. The minimum Gasteiger partial charge on any atom is -0.462 e. The van der Waals surface area contributed by atoms with Gasteiger partial charge in [0, 0.05) is 18.8 Å². The number of amides is 1. The van der Waals surface area contributed by atoms with Gasteiger partial charge in [0.25, 0.3) is 0 Å². The van der Waals surface area contributed by atoms with Crippen LogP contribution in [0.5, 0.6) is 0 Å². The summed E-state index contributed by atoms with van der Waals surface area (Å²) in [6.45, 7) is 6.38. The highest BCUT2D eigenvalue weighted by Gasteiger charge is 2.33. The Bertz CT molecular complexity index is 934. The van der Waals surface area contributed by atoms with E-state index >= 15 is 0 Å². The molecule has 32 heavy (non-hydrogen) atoms. The van der Waals surface area contributed by atoms with Gasteiger partial charge in [-0.15, -0.1) is 0 Å². The lowest BCUT2D eigenvalue weighted by Gasteiger charge is -2.31. The highest BCUT2D eigenvalue weighted by Crippen LogP contribution is 2.41. The Labute approximate surface area is 190 Å². The average Bonchev–Trinajstić information content (AvgIpc) is 3.13. The maximum absolute atomic E-state index is 12.6. The molecule has 2 atom stereocenters. The molecule has 2 N–H and O–H groups in total. The largest absolute Gasteiger partial charge is 0.462 e. The third-order valence-electron chi connectivity index (χ3n) is 7.28. The molecule has 5 nitrogen and oxygen atoms in total. The van der Waals surface area contributed by atoms with Gasteiger partial charge in [0.05, 0.1) is 18.1 Å². The van der Waals surface area contributed by atoms with Crippen LogP contribution in [0.4, 0.5) is 5.69 Å². The van der Waals surface area contributed by atoms with Gasteiger partial charge in [0.15, 0.2) is 0 Å². The molecule has 1 amide bonds. The first-order valence-electron chi connectivity index (χ1n) is 11.9. The number of anilines is 1. The van der Waals surface area contributed by atoms with Gasteiger partial charge in [-0.3, -0.25) is 4.79 Å². The molecular weight excluding hydrogens is 400 g/mol. The van der Waals surface area contributed by atoms with Crippen molar-refractivity contribution in [3.05, 3.63) is 65.2 Å². The maximum atomic E-state index is 12.6. The van der Waals surface area contributed by atoms with E-state index < -0.39 is 5.92 Å². The fourth-order valence-electron chi connectivity index (χ4n) is 5.57. The zero-order valence-electron chi connectivity index (χ0n) is 19.1. The molecule has 2 aromatic carbocycles. The SMILES string of the molecule is CCOC(=O)c1ccc(C(C(N)=O)C(C)c2ccccc2N2CC3CCC(CC3)C2)cc1. The van der Waals surface area contributed by atoms with Gasteiger partial charge in [-0.25, -0.2) is 4.79 Å². The van der Waals surface area contributed by atoms with Crippen LogP contribution in [-0.2, 0) is 9.53 Å². The van der Waals surface area contributed by atoms with Crippen LogP contribution in [0.3, 0.4) is 0 Å². The van der Waals surface area contributed by atoms with E-state index in [1.807, 2.05) is 18.2 Å². The maximum Gasteiger partial charge on any atom is 0.338 e. The molecule has 0 spiro atoms. The van der Waals surface area contributed by atoms with E-state index in [4.69, 9.17) is 10.5 Å².